The minimum Gasteiger partial charge on any atom is -0.494 e. The van der Waals surface area contributed by atoms with Crippen LogP contribution in [0.2, 0.25) is 0 Å². The average molecular weight is 625 g/mol. The predicted molar refractivity (Wildman–Crippen MR) is 186 cm³/mol. The van der Waals surface area contributed by atoms with Crippen molar-refractivity contribution in [1.82, 2.24) is 0 Å². The van der Waals surface area contributed by atoms with Crippen LogP contribution in [0.4, 0.5) is 11.4 Å². The summed E-state index contributed by atoms with van der Waals surface area (Å²) in [6, 6.07) is 41.4. The number of rotatable bonds is 15. The van der Waals surface area contributed by atoms with Crippen LogP contribution in [0.5, 0.6) is 5.75 Å². The van der Waals surface area contributed by atoms with Crippen molar-refractivity contribution in [2.24, 2.45) is 0 Å². The van der Waals surface area contributed by atoms with Crippen LogP contribution in [0.3, 0.4) is 0 Å². The van der Waals surface area contributed by atoms with E-state index in [1.54, 1.807) is 59.5 Å². The van der Waals surface area contributed by atoms with E-state index in [0.29, 0.717) is 42.1 Å². The van der Waals surface area contributed by atoms with Gasteiger partial charge in [-0.2, -0.15) is 0 Å². The third-order valence-electron chi connectivity index (χ3n) is 7.55. The van der Waals surface area contributed by atoms with Crippen LogP contribution in [0, 0.1) is 0 Å². The fourth-order valence-electron chi connectivity index (χ4n) is 5.11. The fourth-order valence-corrected chi connectivity index (χ4v) is 5.11. The van der Waals surface area contributed by atoms with E-state index in [2.05, 4.69) is 5.32 Å². The van der Waals surface area contributed by atoms with Gasteiger partial charge in [-0.3, -0.25) is 9.59 Å². The Balaban J connectivity index is 1.16. The summed E-state index contributed by atoms with van der Waals surface area (Å²) < 4.78 is 5.96. The van der Waals surface area contributed by atoms with Crippen molar-refractivity contribution in [1.29, 1.82) is 0 Å². The van der Waals surface area contributed by atoms with E-state index in [9.17, 15) is 19.5 Å². The number of carboxylic acids is 1. The Morgan fingerprint density at radius 2 is 1.36 bits per heavy atom. The van der Waals surface area contributed by atoms with E-state index in [4.69, 9.17) is 4.74 Å². The number of hydrogen-bond acceptors (Lipinski definition) is 5. The summed E-state index contributed by atoms with van der Waals surface area (Å²) in [7, 11) is 0. The lowest BCUT2D eigenvalue weighted by molar-refractivity contribution is -0.137. The molecule has 0 aliphatic rings. The van der Waals surface area contributed by atoms with E-state index >= 15 is 0 Å². The van der Waals surface area contributed by atoms with Gasteiger partial charge < -0.3 is 20.1 Å². The quantitative estimate of drug-likeness (QED) is 0.0710. The van der Waals surface area contributed by atoms with Crippen LogP contribution < -0.4 is 15.0 Å². The number of para-hydroxylation sites is 2. The van der Waals surface area contributed by atoms with Crippen molar-refractivity contribution >= 4 is 35.1 Å². The predicted octanol–water partition coefficient (Wildman–Crippen LogP) is 7.54. The highest BCUT2D eigenvalue weighted by Gasteiger charge is 2.21. The van der Waals surface area contributed by atoms with Crippen molar-refractivity contribution < 1.29 is 24.2 Å². The third-order valence-corrected chi connectivity index (χ3v) is 7.55. The standard InChI is InChI=1S/C40H36N2O5/c43-38(26-23-30-13-4-1-5-14-30)42(33-17-8-3-9-18-33)27-12-28-47-34-24-21-31(22-25-34)29-37(40(45)46)41-36-20-11-10-19-35(36)39(44)32-15-6-2-7-16-32/h1-11,13-26,37,41H,12,27-29H2,(H,45,46). The minimum absolute atomic E-state index is 0.113. The third kappa shape index (κ3) is 9.28. The number of nitrogens with zero attached hydrogens (tertiary/aromatic N) is 1. The SMILES string of the molecule is O=C(c1ccccc1)c1ccccc1NC(Cc1ccc(OCCCN(C(=O)C=Cc2ccccc2)c2ccccc2)cc1)C(=O)O. The Morgan fingerprint density at radius 3 is 2.04 bits per heavy atom. The highest BCUT2D eigenvalue weighted by atomic mass is 16.5. The number of amides is 1. The van der Waals surface area contributed by atoms with Gasteiger partial charge in [0.05, 0.1) is 6.61 Å². The second-order valence-corrected chi connectivity index (χ2v) is 10.9. The van der Waals surface area contributed by atoms with Crippen molar-refractivity contribution in [2.45, 2.75) is 18.9 Å². The summed E-state index contributed by atoms with van der Waals surface area (Å²) in [6.07, 6.45) is 4.20. The van der Waals surface area contributed by atoms with Crippen molar-refractivity contribution in [3.8, 4) is 5.75 Å². The van der Waals surface area contributed by atoms with E-state index in [1.807, 2.05) is 97.1 Å². The number of carbonyl (C=O) groups is 3. The Hall–Kier alpha value is -5.95. The molecule has 0 saturated carbocycles. The molecule has 236 valence electrons. The number of benzene rings is 5. The molecule has 0 spiro atoms. The monoisotopic (exact) mass is 624 g/mol. The van der Waals surface area contributed by atoms with Crippen LogP contribution in [0.15, 0.2) is 146 Å². The Morgan fingerprint density at radius 1 is 0.745 bits per heavy atom. The molecule has 2 N–H and O–H groups in total. The van der Waals surface area contributed by atoms with Gasteiger partial charge >= 0.3 is 5.97 Å². The molecule has 0 saturated heterocycles. The Bertz CT molecular complexity index is 1790. The molecule has 7 heteroatoms. The van der Waals surface area contributed by atoms with Gasteiger partial charge in [-0.1, -0.05) is 103 Å². The van der Waals surface area contributed by atoms with Gasteiger partial charge in [0, 0.05) is 41.5 Å². The maximum Gasteiger partial charge on any atom is 0.326 e. The van der Waals surface area contributed by atoms with Gasteiger partial charge in [-0.05, 0) is 60.0 Å². The van der Waals surface area contributed by atoms with E-state index in [1.165, 1.54) is 0 Å². The van der Waals surface area contributed by atoms with Crippen molar-refractivity contribution in [3.05, 3.63) is 168 Å². The molecule has 5 aromatic carbocycles. The summed E-state index contributed by atoms with van der Waals surface area (Å²) in [5.74, 6) is -0.672. The zero-order valence-electron chi connectivity index (χ0n) is 25.9. The van der Waals surface area contributed by atoms with E-state index in [-0.39, 0.29) is 18.1 Å². The molecule has 0 bridgehead atoms. The number of ketones is 1. The maximum atomic E-state index is 13.1. The number of carbonyl (C=O) groups excluding carboxylic acids is 2. The molecule has 1 amide bonds. The van der Waals surface area contributed by atoms with Gasteiger partial charge in [-0.25, -0.2) is 4.79 Å². The molecule has 0 aliphatic heterocycles. The molecule has 0 fully saturated rings. The number of anilines is 2. The van der Waals surface area contributed by atoms with Gasteiger partial charge in [-0.15, -0.1) is 0 Å². The largest absolute Gasteiger partial charge is 0.494 e. The highest BCUT2D eigenvalue weighted by molar-refractivity contribution is 6.12. The Labute approximate surface area is 274 Å². The first-order valence-electron chi connectivity index (χ1n) is 15.5. The topological polar surface area (TPSA) is 95.9 Å². The number of ether oxygens (including phenoxy) is 1. The molecular weight excluding hydrogens is 588 g/mol. The van der Waals surface area contributed by atoms with Crippen LogP contribution >= 0.6 is 0 Å². The summed E-state index contributed by atoms with van der Waals surface area (Å²) in [4.78, 5) is 40.2. The summed E-state index contributed by atoms with van der Waals surface area (Å²) >= 11 is 0. The van der Waals surface area contributed by atoms with Gasteiger partial charge in [0.15, 0.2) is 5.78 Å². The molecule has 5 aromatic rings. The van der Waals surface area contributed by atoms with Crippen LogP contribution in [-0.2, 0) is 16.0 Å². The first-order valence-corrected chi connectivity index (χ1v) is 15.5. The van der Waals surface area contributed by atoms with Gasteiger partial charge in [0.25, 0.3) is 5.91 Å². The molecule has 0 radical (unpaired) electrons. The summed E-state index contributed by atoms with van der Waals surface area (Å²) in [6.45, 7) is 0.865. The molecule has 1 unspecified atom stereocenters. The molecule has 5 rings (SSSR count). The second-order valence-electron chi connectivity index (χ2n) is 10.9. The zero-order chi connectivity index (χ0) is 32.8. The molecule has 0 aliphatic carbocycles. The van der Waals surface area contributed by atoms with Crippen molar-refractivity contribution in [3.63, 3.8) is 0 Å². The highest BCUT2D eigenvalue weighted by Crippen LogP contribution is 2.22. The number of nitrogens with one attached hydrogen (secondary N) is 1. The molecular formula is C40H36N2O5. The summed E-state index contributed by atoms with van der Waals surface area (Å²) in [5.41, 5.74) is 3.97. The normalized spacial score (nSPS) is 11.5. The number of aliphatic carboxylic acids is 1. The first-order chi connectivity index (χ1) is 23.0. The number of hydrogen-bond donors (Lipinski definition) is 2. The smallest absolute Gasteiger partial charge is 0.326 e. The van der Waals surface area contributed by atoms with Gasteiger partial charge in [0.1, 0.15) is 11.8 Å². The van der Waals surface area contributed by atoms with Crippen molar-refractivity contribution in [2.75, 3.05) is 23.4 Å². The lowest BCUT2D eigenvalue weighted by atomic mass is 10.00. The molecule has 7 nitrogen and oxygen atoms in total. The second kappa shape index (κ2) is 16.4. The maximum absolute atomic E-state index is 13.1. The number of carboxylic acid groups (broad SMARTS) is 1. The van der Waals surface area contributed by atoms with Crippen LogP contribution in [-0.4, -0.2) is 42.0 Å². The Kier molecular flexibility index (Phi) is 11.3. The zero-order valence-corrected chi connectivity index (χ0v) is 25.9. The molecule has 47 heavy (non-hydrogen) atoms. The van der Waals surface area contributed by atoms with E-state index in [0.717, 1.165) is 16.8 Å². The molecule has 0 heterocycles. The molecule has 1 atom stereocenters. The fraction of sp³-hybridized carbons (Fsp3) is 0.125. The molecule has 0 aromatic heterocycles. The minimum atomic E-state index is -1.02. The first kappa shape index (κ1) is 32.4. The van der Waals surface area contributed by atoms with E-state index < -0.39 is 12.0 Å². The lowest BCUT2D eigenvalue weighted by Gasteiger charge is -2.21. The van der Waals surface area contributed by atoms with Gasteiger partial charge in [0.2, 0.25) is 0 Å². The lowest BCUT2D eigenvalue weighted by Crippen LogP contribution is -2.32. The average Bonchev–Trinajstić information content (AvgIpc) is 3.12. The van der Waals surface area contributed by atoms with Crippen LogP contribution in [0.1, 0.15) is 33.5 Å². The van der Waals surface area contributed by atoms with Crippen LogP contribution in [0.25, 0.3) is 6.08 Å². The summed E-state index contributed by atoms with van der Waals surface area (Å²) in [5, 5.41) is 13.1.